The molecule has 8 heteroatoms. The number of carbonyl (C=O) groups is 2. The number of aromatic nitrogens is 1. The van der Waals surface area contributed by atoms with Crippen molar-refractivity contribution in [1.29, 1.82) is 0 Å². The molecule has 0 amide bonds. The zero-order chi connectivity index (χ0) is 22.9. The van der Waals surface area contributed by atoms with E-state index in [-0.39, 0.29) is 30.1 Å². The molecule has 1 aliphatic rings. The largest absolute Gasteiger partial charge is 0.417 e. The van der Waals surface area contributed by atoms with Gasteiger partial charge in [0.25, 0.3) is 0 Å². The summed E-state index contributed by atoms with van der Waals surface area (Å²) >= 11 is 5.80. The Morgan fingerprint density at radius 3 is 2.38 bits per heavy atom. The van der Waals surface area contributed by atoms with Crippen molar-refractivity contribution in [3.63, 3.8) is 0 Å². The van der Waals surface area contributed by atoms with Gasteiger partial charge in [-0.1, -0.05) is 41.9 Å². The van der Waals surface area contributed by atoms with Gasteiger partial charge in [0.2, 0.25) is 5.91 Å². The van der Waals surface area contributed by atoms with E-state index in [9.17, 15) is 22.8 Å². The zero-order valence-corrected chi connectivity index (χ0v) is 17.8. The summed E-state index contributed by atoms with van der Waals surface area (Å²) in [6.07, 6.45) is -0.110. The van der Waals surface area contributed by atoms with Crippen LogP contribution in [0, 0.1) is 11.8 Å². The van der Waals surface area contributed by atoms with Gasteiger partial charge in [0.15, 0.2) is 0 Å². The first-order chi connectivity index (χ1) is 15.2. The number of hydrogen-bond acceptors (Lipinski definition) is 3. The van der Waals surface area contributed by atoms with E-state index >= 15 is 0 Å². The minimum Gasteiger partial charge on any atom is -0.376 e. The van der Waals surface area contributed by atoms with Crippen molar-refractivity contribution in [3.05, 3.63) is 71.0 Å². The van der Waals surface area contributed by atoms with Gasteiger partial charge < -0.3 is 4.74 Å². The quantitative estimate of drug-likeness (QED) is 0.402. The Morgan fingerprint density at radius 2 is 1.75 bits per heavy atom. The van der Waals surface area contributed by atoms with Crippen LogP contribution in [0.25, 0.3) is 10.8 Å². The number of alkyl halides is 3. The third-order valence-electron chi connectivity index (χ3n) is 5.55. The number of benzene rings is 2. The molecule has 1 atom stereocenters. The van der Waals surface area contributed by atoms with Crippen LogP contribution in [0.5, 0.6) is 0 Å². The number of fused-ring (bicyclic) bond motifs is 1. The van der Waals surface area contributed by atoms with Crippen LogP contribution in [0.15, 0.2) is 54.9 Å². The van der Waals surface area contributed by atoms with Crippen molar-refractivity contribution in [1.82, 2.24) is 4.57 Å². The van der Waals surface area contributed by atoms with Crippen molar-refractivity contribution < 1.29 is 27.5 Å². The lowest BCUT2D eigenvalue weighted by atomic mass is 10.00. The Bertz CT molecular complexity index is 1140. The molecule has 0 aliphatic heterocycles. The number of ether oxygens (including phenoxy) is 1. The van der Waals surface area contributed by atoms with Crippen LogP contribution in [-0.4, -0.2) is 22.9 Å². The summed E-state index contributed by atoms with van der Waals surface area (Å²) in [6, 6.07) is 11.6. The van der Waals surface area contributed by atoms with Gasteiger partial charge in [-0.15, -0.1) is 0 Å². The summed E-state index contributed by atoms with van der Waals surface area (Å²) in [5.74, 6) is -1.11. The fraction of sp³-hybridized carbons (Fsp3) is 0.333. The maximum absolute atomic E-state index is 13.2. The first-order valence-corrected chi connectivity index (χ1v) is 10.7. The van der Waals surface area contributed by atoms with Crippen LogP contribution in [-0.2, 0) is 22.3 Å². The van der Waals surface area contributed by atoms with E-state index in [1.807, 2.05) is 30.3 Å². The Kier molecular flexibility index (Phi) is 6.40. The topological polar surface area (TPSA) is 48.3 Å². The Balaban J connectivity index is 1.54. The number of ketones is 1. The second-order valence-electron chi connectivity index (χ2n) is 8.10. The summed E-state index contributed by atoms with van der Waals surface area (Å²) in [4.78, 5) is 25.6. The van der Waals surface area contributed by atoms with Gasteiger partial charge in [-0.3, -0.25) is 14.2 Å². The SMILES string of the molecule is O=C(CC(COCc1ccccc1)C(=O)n1cc2cc(Cl)c(C(F)(F)F)cc2c1)C1CC1. The highest BCUT2D eigenvalue weighted by Crippen LogP contribution is 2.37. The van der Waals surface area contributed by atoms with E-state index in [1.54, 1.807) is 0 Å². The normalized spacial score (nSPS) is 15.1. The molecular formula is C24H21ClF3NO3. The molecule has 0 N–H and O–H groups in total. The molecule has 32 heavy (non-hydrogen) atoms. The molecule has 1 aliphatic carbocycles. The molecule has 2 aromatic carbocycles. The Labute approximate surface area is 187 Å². The molecule has 1 fully saturated rings. The van der Waals surface area contributed by atoms with Gasteiger partial charge in [0.1, 0.15) is 5.78 Å². The third-order valence-corrected chi connectivity index (χ3v) is 5.86. The second kappa shape index (κ2) is 9.08. The second-order valence-corrected chi connectivity index (χ2v) is 8.51. The lowest BCUT2D eigenvalue weighted by Gasteiger charge is -2.16. The highest BCUT2D eigenvalue weighted by molar-refractivity contribution is 6.32. The number of rotatable bonds is 8. The van der Waals surface area contributed by atoms with Crippen molar-refractivity contribution >= 4 is 34.1 Å². The van der Waals surface area contributed by atoms with Gasteiger partial charge in [-0.25, -0.2) is 0 Å². The number of carbonyl (C=O) groups excluding carboxylic acids is 2. The summed E-state index contributed by atoms with van der Waals surface area (Å²) in [6.45, 7) is 0.329. The molecule has 168 valence electrons. The predicted molar refractivity (Wildman–Crippen MR) is 115 cm³/mol. The van der Waals surface area contributed by atoms with E-state index in [0.717, 1.165) is 24.5 Å². The lowest BCUT2D eigenvalue weighted by molar-refractivity contribution is -0.137. The molecule has 4 rings (SSSR count). The van der Waals surface area contributed by atoms with Crippen LogP contribution in [0.3, 0.4) is 0 Å². The molecular weight excluding hydrogens is 443 g/mol. The summed E-state index contributed by atoms with van der Waals surface area (Å²) in [5.41, 5.74) is -0.0169. The molecule has 1 aromatic heterocycles. The number of Topliss-reactive ketones (excluding diaryl/α,β-unsaturated/α-hetero) is 1. The van der Waals surface area contributed by atoms with Gasteiger partial charge in [0, 0.05) is 35.5 Å². The minimum absolute atomic E-state index is 0.00342. The molecule has 1 unspecified atom stereocenters. The smallest absolute Gasteiger partial charge is 0.376 e. The zero-order valence-electron chi connectivity index (χ0n) is 17.1. The van der Waals surface area contributed by atoms with Crippen LogP contribution >= 0.6 is 11.6 Å². The minimum atomic E-state index is -4.60. The lowest BCUT2D eigenvalue weighted by Crippen LogP contribution is -2.28. The molecule has 3 aromatic rings. The van der Waals surface area contributed by atoms with Gasteiger partial charge in [-0.2, -0.15) is 13.2 Å². The van der Waals surface area contributed by atoms with Crippen molar-refractivity contribution in [2.45, 2.75) is 32.0 Å². The van der Waals surface area contributed by atoms with Crippen LogP contribution < -0.4 is 0 Å². The average molecular weight is 464 g/mol. The Morgan fingerprint density at radius 1 is 1.09 bits per heavy atom. The van der Waals surface area contributed by atoms with Gasteiger partial charge in [-0.05, 0) is 30.5 Å². The first-order valence-electron chi connectivity index (χ1n) is 10.3. The van der Waals surface area contributed by atoms with Crippen LogP contribution in [0.4, 0.5) is 13.2 Å². The van der Waals surface area contributed by atoms with E-state index in [4.69, 9.17) is 16.3 Å². The molecule has 0 spiro atoms. The fourth-order valence-corrected chi connectivity index (χ4v) is 3.93. The molecule has 0 saturated heterocycles. The van der Waals surface area contributed by atoms with E-state index in [2.05, 4.69) is 0 Å². The fourth-order valence-electron chi connectivity index (χ4n) is 3.65. The van der Waals surface area contributed by atoms with Crippen molar-refractivity contribution in [2.24, 2.45) is 11.8 Å². The van der Waals surface area contributed by atoms with E-state index in [0.29, 0.717) is 12.0 Å². The van der Waals surface area contributed by atoms with Gasteiger partial charge in [0.05, 0.1) is 29.7 Å². The molecule has 0 radical (unpaired) electrons. The summed E-state index contributed by atoms with van der Waals surface area (Å²) in [7, 11) is 0. The number of halogens is 4. The van der Waals surface area contributed by atoms with Crippen LogP contribution in [0.1, 0.15) is 35.2 Å². The predicted octanol–water partition coefficient (Wildman–Crippen LogP) is 6.16. The molecule has 1 saturated carbocycles. The monoisotopic (exact) mass is 463 g/mol. The third kappa shape index (κ3) is 5.22. The standard InChI is InChI=1S/C24H21ClF3NO3/c25-21-9-18-12-29(11-17(18)8-20(21)24(26,27)28)23(31)19(10-22(30)16-6-7-16)14-32-13-15-4-2-1-3-5-15/h1-5,8-9,11-12,16,19H,6-7,10,13-14H2. The van der Waals surface area contributed by atoms with Gasteiger partial charge >= 0.3 is 6.18 Å². The number of nitrogens with zero attached hydrogens (tertiary/aromatic N) is 1. The van der Waals surface area contributed by atoms with E-state index < -0.39 is 28.6 Å². The molecule has 4 nitrogen and oxygen atoms in total. The summed E-state index contributed by atoms with van der Waals surface area (Å²) in [5, 5.41) is 0.225. The maximum Gasteiger partial charge on any atom is 0.417 e. The molecule has 0 bridgehead atoms. The van der Waals surface area contributed by atoms with Crippen molar-refractivity contribution in [2.75, 3.05) is 6.61 Å². The Hall–Kier alpha value is -2.64. The molecule has 1 heterocycles. The highest BCUT2D eigenvalue weighted by atomic mass is 35.5. The number of hydrogen-bond donors (Lipinski definition) is 0. The first kappa shape index (κ1) is 22.6. The average Bonchev–Trinajstić information content (AvgIpc) is 3.52. The highest BCUT2D eigenvalue weighted by Gasteiger charge is 2.35. The maximum atomic E-state index is 13.2. The summed E-state index contributed by atoms with van der Waals surface area (Å²) < 4.78 is 46.4. The van der Waals surface area contributed by atoms with Crippen LogP contribution in [0.2, 0.25) is 5.02 Å². The van der Waals surface area contributed by atoms with E-state index in [1.165, 1.54) is 23.0 Å². The van der Waals surface area contributed by atoms with Crippen molar-refractivity contribution in [3.8, 4) is 0 Å².